The SMILES string of the molecule is CCCON=C1C=C(Oc2nc(C)nc(SC)c2C(=COC)C(=O)OC)C=CC1. The fourth-order valence-corrected chi connectivity index (χ4v) is 3.06. The third-order valence-electron chi connectivity index (χ3n) is 3.67. The van der Waals surface area contributed by atoms with Crippen LogP contribution in [-0.4, -0.2) is 48.7 Å². The molecule has 0 saturated carbocycles. The van der Waals surface area contributed by atoms with Crippen molar-refractivity contribution in [3.8, 4) is 5.88 Å². The van der Waals surface area contributed by atoms with Gasteiger partial charge >= 0.3 is 5.97 Å². The molecule has 8 nitrogen and oxygen atoms in total. The quantitative estimate of drug-likeness (QED) is 0.114. The maximum absolute atomic E-state index is 12.3. The third kappa shape index (κ3) is 6.08. The van der Waals surface area contributed by atoms with Crippen LogP contribution in [0.3, 0.4) is 0 Å². The standard InChI is InChI=1S/C20H25N3O5S/c1-6-10-27-23-14-8-7-9-15(11-14)28-18-17(16(12-25-3)20(24)26-4)19(29-5)22-13(2)21-18/h7,9,11-12H,6,8,10H2,1-5H3. The van der Waals surface area contributed by atoms with Crippen LogP contribution in [0.4, 0.5) is 0 Å². The fourth-order valence-electron chi connectivity index (χ4n) is 2.44. The van der Waals surface area contributed by atoms with E-state index in [9.17, 15) is 4.79 Å². The first-order valence-corrected chi connectivity index (χ1v) is 10.3. The lowest BCUT2D eigenvalue weighted by Crippen LogP contribution is -2.12. The van der Waals surface area contributed by atoms with E-state index in [1.54, 1.807) is 13.0 Å². The van der Waals surface area contributed by atoms with Crippen LogP contribution in [-0.2, 0) is 19.1 Å². The average molecular weight is 420 g/mol. The van der Waals surface area contributed by atoms with Crippen LogP contribution in [0.25, 0.3) is 5.57 Å². The van der Waals surface area contributed by atoms with Crippen molar-refractivity contribution < 1.29 is 23.8 Å². The lowest BCUT2D eigenvalue weighted by Gasteiger charge is -2.16. The second-order valence-corrected chi connectivity index (χ2v) is 6.69. The third-order valence-corrected chi connectivity index (χ3v) is 4.35. The molecule has 29 heavy (non-hydrogen) atoms. The molecule has 156 valence electrons. The minimum atomic E-state index is -0.581. The molecule has 0 atom stereocenters. The highest BCUT2D eigenvalue weighted by Gasteiger charge is 2.25. The second kappa shape index (κ2) is 11.3. The molecule has 0 radical (unpaired) electrons. The van der Waals surface area contributed by atoms with Gasteiger partial charge in [0.05, 0.1) is 31.8 Å². The summed E-state index contributed by atoms with van der Waals surface area (Å²) in [5.41, 5.74) is 1.29. The first kappa shape index (κ1) is 22.5. The van der Waals surface area contributed by atoms with E-state index in [1.807, 2.05) is 25.3 Å². The van der Waals surface area contributed by atoms with Crippen LogP contribution in [0.15, 0.2) is 40.4 Å². The number of esters is 1. The van der Waals surface area contributed by atoms with Crippen LogP contribution in [0, 0.1) is 6.92 Å². The highest BCUT2D eigenvalue weighted by atomic mass is 32.2. The molecule has 0 spiro atoms. The lowest BCUT2D eigenvalue weighted by molar-refractivity contribution is -0.133. The van der Waals surface area contributed by atoms with Crippen LogP contribution >= 0.6 is 11.8 Å². The maximum atomic E-state index is 12.3. The Bertz CT molecular complexity index is 862. The molecule has 0 unspecified atom stereocenters. The Hall–Kier alpha value is -2.81. The predicted molar refractivity (Wildman–Crippen MR) is 112 cm³/mol. The Morgan fingerprint density at radius 3 is 2.79 bits per heavy atom. The summed E-state index contributed by atoms with van der Waals surface area (Å²) >= 11 is 1.37. The summed E-state index contributed by atoms with van der Waals surface area (Å²) in [5.74, 6) is 0.670. The number of oxime groups is 1. The zero-order valence-corrected chi connectivity index (χ0v) is 18.0. The zero-order chi connectivity index (χ0) is 21.2. The second-order valence-electron chi connectivity index (χ2n) is 5.89. The van der Waals surface area contributed by atoms with Gasteiger partial charge in [0.2, 0.25) is 5.88 Å². The zero-order valence-electron chi connectivity index (χ0n) is 17.2. The van der Waals surface area contributed by atoms with E-state index in [1.165, 1.54) is 32.2 Å². The Morgan fingerprint density at radius 2 is 2.14 bits per heavy atom. The van der Waals surface area contributed by atoms with Crippen molar-refractivity contribution in [2.45, 2.75) is 31.7 Å². The van der Waals surface area contributed by atoms with E-state index in [4.69, 9.17) is 19.0 Å². The molecule has 0 aromatic carbocycles. The summed E-state index contributed by atoms with van der Waals surface area (Å²) < 4.78 is 16.0. The van der Waals surface area contributed by atoms with Gasteiger partial charge in [-0.1, -0.05) is 18.2 Å². The molecule has 1 aliphatic rings. The molecule has 0 saturated heterocycles. The molecule has 0 N–H and O–H groups in total. The predicted octanol–water partition coefficient (Wildman–Crippen LogP) is 3.67. The smallest absolute Gasteiger partial charge is 0.341 e. The molecule has 0 fully saturated rings. The van der Waals surface area contributed by atoms with E-state index < -0.39 is 5.97 Å². The summed E-state index contributed by atoms with van der Waals surface area (Å²) in [5, 5.41) is 4.68. The van der Waals surface area contributed by atoms with Crippen molar-refractivity contribution in [3.63, 3.8) is 0 Å². The topological polar surface area (TPSA) is 92.1 Å². The lowest BCUT2D eigenvalue weighted by atomic mass is 10.1. The van der Waals surface area contributed by atoms with Gasteiger partial charge in [-0.15, -0.1) is 11.8 Å². The van der Waals surface area contributed by atoms with Gasteiger partial charge in [-0.05, 0) is 25.7 Å². The highest BCUT2D eigenvalue weighted by Crippen LogP contribution is 2.34. The number of thioether (sulfide) groups is 1. The maximum Gasteiger partial charge on any atom is 0.341 e. The number of rotatable bonds is 9. The summed E-state index contributed by atoms with van der Waals surface area (Å²) in [7, 11) is 2.74. The number of ether oxygens (including phenoxy) is 3. The van der Waals surface area contributed by atoms with Gasteiger partial charge in [0.1, 0.15) is 28.8 Å². The number of methoxy groups -OCH3 is 2. The summed E-state index contributed by atoms with van der Waals surface area (Å²) in [6.45, 7) is 4.32. The van der Waals surface area contributed by atoms with Crippen molar-refractivity contribution in [3.05, 3.63) is 41.6 Å². The molecule has 1 aliphatic carbocycles. The number of carbonyl (C=O) groups excluding carboxylic acids is 1. The molecule has 1 aromatic rings. The van der Waals surface area contributed by atoms with Gasteiger partial charge in [0.15, 0.2) is 0 Å². The van der Waals surface area contributed by atoms with Crippen molar-refractivity contribution in [1.82, 2.24) is 9.97 Å². The number of nitrogens with zero attached hydrogens (tertiary/aromatic N) is 3. The van der Waals surface area contributed by atoms with Gasteiger partial charge in [-0.3, -0.25) is 0 Å². The van der Waals surface area contributed by atoms with E-state index in [-0.39, 0.29) is 11.5 Å². The summed E-state index contributed by atoms with van der Waals surface area (Å²) in [4.78, 5) is 26.4. The molecule has 1 aromatic heterocycles. The van der Waals surface area contributed by atoms with Gasteiger partial charge in [-0.25, -0.2) is 9.78 Å². The molecule has 9 heteroatoms. The number of hydrogen-bond acceptors (Lipinski definition) is 9. The van der Waals surface area contributed by atoms with Gasteiger partial charge < -0.3 is 19.0 Å². The number of aromatic nitrogens is 2. The Labute approximate surface area is 174 Å². The Balaban J connectivity index is 2.48. The molecule has 0 amide bonds. The van der Waals surface area contributed by atoms with Crippen molar-refractivity contribution in [2.24, 2.45) is 5.16 Å². The molecule has 0 aliphatic heterocycles. The van der Waals surface area contributed by atoms with Crippen LogP contribution in [0.2, 0.25) is 0 Å². The molecule has 2 rings (SSSR count). The van der Waals surface area contributed by atoms with Crippen molar-refractivity contribution >= 4 is 29.0 Å². The van der Waals surface area contributed by atoms with E-state index >= 15 is 0 Å². The summed E-state index contributed by atoms with van der Waals surface area (Å²) in [6.07, 6.45) is 10.2. The highest BCUT2D eigenvalue weighted by molar-refractivity contribution is 7.98. The van der Waals surface area contributed by atoms with Gasteiger partial charge in [0.25, 0.3) is 0 Å². The van der Waals surface area contributed by atoms with Crippen LogP contribution in [0.5, 0.6) is 5.88 Å². The minimum Gasteiger partial charge on any atom is -0.503 e. The summed E-state index contributed by atoms with van der Waals surface area (Å²) in [6, 6.07) is 0. The van der Waals surface area contributed by atoms with Crippen LogP contribution < -0.4 is 4.74 Å². The van der Waals surface area contributed by atoms with E-state index in [0.717, 1.165) is 12.1 Å². The first-order valence-electron chi connectivity index (χ1n) is 9.03. The Morgan fingerprint density at radius 1 is 1.34 bits per heavy atom. The molecular formula is C20H25N3O5S. The van der Waals surface area contributed by atoms with E-state index in [2.05, 4.69) is 15.1 Å². The fraction of sp³-hybridized carbons (Fsp3) is 0.400. The molecule has 1 heterocycles. The van der Waals surface area contributed by atoms with Crippen LogP contribution in [0.1, 0.15) is 31.2 Å². The largest absolute Gasteiger partial charge is 0.503 e. The minimum absolute atomic E-state index is 0.162. The molecule has 0 bridgehead atoms. The average Bonchev–Trinajstić information content (AvgIpc) is 2.72. The monoisotopic (exact) mass is 419 g/mol. The molecular weight excluding hydrogens is 394 g/mol. The van der Waals surface area contributed by atoms with Crippen molar-refractivity contribution in [2.75, 3.05) is 27.1 Å². The van der Waals surface area contributed by atoms with Gasteiger partial charge in [-0.2, -0.15) is 4.98 Å². The normalized spacial score (nSPS) is 15.1. The number of hydrogen-bond donors (Lipinski definition) is 0. The van der Waals surface area contributed by atoms with E-state index in [0.29, 0.717) is 35.2 Å². The number of aryl methyl sites for hydroxylation is 1. The number of allylic oxidation sites excluding steroid dienone is 3. The van der Waals surface area contributed by atoms with Gasteiger partial charge in [0, 0.05) is 12.5 Å². The van der Waals surface area contributed by atoms with Crippen molar-refractivity contribution in [1.29, 1.82) is 0 Å². The first-order chi connectivity index (χ1) is 14.0. The number of carbonyl (C=O) groups is 1. The Kier molecular flexibility index (Phi) is 8.72.